The summed E-state index contributed by atoms with van der Waals surface area (Å²) < 4.78 is 14.0. The van der Waals surface area contributed by atoms with E-state index in [9.17, 15) is 4.39 Å². The zero-order valence-corrected chi connectivity index (χ0v) is 13.0. The maximum Gasteiger partial charge on any atom is 0.123 e. The standard InChI is InChI=1S/C14H11BrCl2FN/c15-13-3-2-12(18)6-9(13)7-19-8-10-5-11(16)1-4-14(10)17/h1-6,19H,7-8H2. The van der Waals surface area contributed by atoms with E-state index in [0.717, 1.165) is 15.6 Å². The molecule has 5 heteroatoms. The lowest BCUT2D eigenvalue weighted by atomic mass is 10.2. The number of benzene rings is 2. The first kappa shape index (κ1) is 14.8. The lowest BCUT2D eigenvalue weighted by Crippen LogP contribution is -2.13. The minimum absolute atomic E-state index is 0.249. The van der Waals surface area contributed by atoms with E-state index < -0.39 is 0 Å². The lowest BCUT2D eigenvalue weighted by molar-refractivity contribution is 0.619. The minimum Gasteiger partial charge on any atom is -0.309 e. The molecular weight excluding hydrogens is 352 g/mol. The summed E-state index contributed by atoms with van der Waals surface area (Å²) in [5.74, 6) is -0.249. The van der Waals surface area contributed by atoms with Crippen molar-refractivity contribution in [2.75, 3.05) is 0 Å². The first-order valence-electron chi connectivity index (χ1n) is 5.65. The number of nitrogens with one attached hydrogen (secondary N) is 1. The molecule has 0 unspecified atom stereocenters. The Hall–Kier alpha value is -0.610. The van der Waals surface area contributed by atoms with Gasteiger partial charge in [0.05, 0.1) is 0 Å². The zero-order chi connectivity index (χ0) is 13.8. The molecule has 0 spiro atoms. The van der Waals surface area contributed by atoms with Gasteiger partial charge in [-0.15, -0.1) is 0 Å². The van der Waals surface area contributed by atoms with Crippen LogP contribution in [0, 0.1) is 5.82 Å². The summed E-state index contributed by atoms with van der Waals surface area (Å²) in [5.41, 5.74) is 1.78. The highest BCUT2D eigenvalue weighted by Gasteiger charge is 2.04. The highest BCUT2D eigenvalue weighted by molar-refractivity contribution is 9.10. The second-order valence-corrected chi connectivity index (χ2v) is 5.77. The molecule has 1 N–H and O–H groups in total. The van der Waals surface area contributed by atoms with Crippen LogP contribution in [-0.4, -0.2) is 0 Å². The van der Waals surface area contributed by atoms with E-state index in [4.69, 9.17) is 23.2 Å². The molecule has 0 amide bonds. The molecule has 0 aliphatic rings. The van der Waals surface area contributed by atoms with Crippen molar-refractivity contribution in [1.82, 2.24) is 5.32 Å². The van der Waals surface area contributed by atoms with Crippen LogP contribution in [0.5, 0.6) is 0 Å². The molecule has 1 nitrogen and oxygen atoms in total. The topological polar surface area (TPSA) is 12.0 Å². The van der Waals surface area contributed by atoms with Crippen molar-refractivity contribution in [3.05, 3.63) is 67.9 Å². The molecule has 2 aromatic rings. The summed E-state index contributed by atoms with van der Waals surface area (Å²) in [7, 11) is 0. The first-order chi connectivity index (χ1) is 9.06. The zero-order valence-electron chi connectivity index (χ0n) is 9.89. The van der Waals surface area contributed by atoms with Crippen LogP contribution >= 0.6 is 39.1 Å². The lowest BCUT2D eigenvalue weighted by Gasteiger charge is -2.09. The van der Waals surface area contributed by atoms with Crippen molar-refractivity contribution < 1.29 is 4.39 Å². The summed E-state index contributed by atoms with van der Waals surface area (Å²) >= 11 is 15.4. The fraction of sp³-hybridized carbons (Fsp3) is 0.143. The average Bonchev–Trinajstić information content (AvgIpc) is 2.38. The van der Waals surface area contributed by atoms with Crippen LogP contribution in [0.15, 0.2) is 40.9 Å². The molecule has 2 aromatic carbocycles. The highest BCUT2D eigenvalue weighted by Crippen LogP contribution is 2.21. The molecule has 2 rings (SSSR count). The van der Waals surface area contributed by atoms with Crippen molar-refractivity contribution in [1.29, 1.82) is 0 Å². The van der Waals surface area contributed by atoms with Gasteiger partial charge in [0, 0.05) is 27.6 Å². The van der Waals surface area contributed by atoms with Crippen molar-refractivity contribution >= 4 is 39.1 Å². The molecule has 0 aromatic heterocycles. The number of hydrogen-bond acceptors (Lipinski definition) is 1. The Labute approximate surface area is 129 Å². The Morgan fingerprint density at radius 3 is 2.53 bits per heavy atom. The summed E-state index contributed by atoms with van der Waals surface area (Å²) in [6.07, 6.45) is 0. The molecule has 0 bridgehead atoms. The van der Waals surface area contributed by atoms with Gasteiger partial charge in [0.1, 0.15) is 5.82 Å². The molecule has 0 heterocycles. The third kappa shape index (κ3) is 4.18. The van der Waals surface area contributed by atoms with Gasteiger partial charge in [0.2, 0.25) is 0 Å². The molecule has 0 atom stereocenters. The molecule has 0 saturated carbocycles. The quantitative estimate of drug-likeness (QED) is 0.789. The predicted octanol–water partition coefficient (Wildman–Crippen LogP) is 5.18. The average molecular weight is 363 g/mol. The van der Waals surface area contributed by atoms with E-state index in [2.05, 4.69) is 21.2 Å². The minimum atomic E-state index is -0.249. The maximum absolute atomic E-state index is 13.1. The van der Waals surface area contributed by atoms with E-state index in [-0.39, 0.29) is 5.82 Å². The van der Waals surface area contributed by atoms with Crippen LogP contribution in [0.3, 0.4) is 0 Å². The summed E-state index contributed by atoms with van der Waals surface area (Å²) in [4.78, 5) is 0. The van der Waals surface area contributed by atoms with Gasteiger partial charge in [-0.3, -0.25) is 0 Å². The molecule has 100 valence electrons. The van der Waals surface area contributed by atoms with E-state index >= 15 is 0 Å². The van der Waals surface area contributed by atoms with Gasteiger partial charge in [0.25, 0.3) is 0 Å². The second kappa shape index (κ2) is 6.71. The number of halogens is 4. The van der Waals surface area contributed by atoms with Crippen molar-refractivity contribution in [3.8, 4) is 0 Å². The predicted molar refractivity (Wildman–Crippen MR) is 81.1 cm³/mol. The van der Waals surface area contributed by atoms with Crippen LogP contribution in [0.1, 0.15) is 11.1 Å². The molecule has 0 radical (unpaired) electrons. The molecule has 0 aliphatic carbocycles. The third-order valence-electron chi connectivity index (χ3n) is 2.65. The Morgan fingerprint density at radius 1 is 1.00 bits per heavy atom. The summed E-state index contributed by atoms with van der Waals surface area (Å²) in [6.45, 7) is 1.11. The van der Waals surface area contributed by atoms with Crippen LogP contribution in [-0.2, 0) is 13.1 Å². The van der Waals surface area contributed by atoms with Gasteiger partial charge in [-0.2, -0.15) is 0 Å². The van der Waals surface area contributed by atoms with E-state index in [1.807, 2.05) is 6.07 Å². The van der Waals surface area contributed by atoms with E-state index in [1.54, 1.807) is 18.2 Å². The van der Waals surface area contributed by atoms with Crippen molar-refractivity contribution in [2.24, 2.45) is 0 Å². The molecule has 0 saturated heterocycles. The maximum atomic E-state index is 13.1. The van der Waals surface area contributed by atoms with Gasteiger partial charge in [-0.25, -0.2) is 4.39 Å². The summed E-state index contributed by atoms with van der Waals surface area (Å²) in [6, 6.07) is 9.93. The fourth-order valence-corrected chi connectivity index (χ4v) is 2.46. The van der Waals surface area contributed by atoms with Crippen LogP contribution in [0.2, 0.25) is 10.0 Å². The Balaban J connectivity index is 2.00. The number of rotatable bonds is 4. The fourth-order valence-electron chi connectivity index (χ4n) is 1.69. The van der Waals surface area contributed by atoms with Crippen LogP contribution in [0.25, 0.3) is 0 Å². The first-order valence-corrected chi connectivity index (χ1v) is 7.20. The highest BCUT2D eigenvalue weighted by atomic mass is 79.9. The van der Waals surface area contributed by atoms with E-state index in [1.165, 1.54) is 12.1 Å². The van der Waals surface area contributed by atoms with Crippen molar-refractivity contribution in [3.63, 3.8) is 0 Å². The van der Waals surface area contributed by atoms with Crippen molar-refractivity contribution in [2.45, 2.75) is 13.1 Å². The van der Waals surface area contributed by atoms with Gasteiger partial charge in [-0.05, 0) is 47.5 Å². The Bertz CT molecular complexity index is 538. The molecule has 0 fully saturated rings. The van der Waals surface area contributed by atoms with Gasteiger partial charge in [-0.1, -0.05) is 39.1 Å². The van der Waals surface area contributed by atoms with E-state index in [0.29, 0.717) is 23.1 Å². The van der Waals surface area contributed by atoms with Crippen LogP contribution < -0.4 is 5.32 Å². The number of hydrogen-bond donors (Lipinski definition) is 1. The Kier molecular flexibility index (Phi) is 5.22. The normalized spacial score (nSPS) is 10.7. The molecule has 0 aliphatic heterocycles. The van der Waals surface area contributed by atoms with Gasteiger partial charge < -0.3 is 5.32 Å². The largest absolute Gasteiger partial charge is 0.309 e. The Morgan fingerprint density at radius 2 is 1.74 bits per heavy atom. The van der Waals surface area contributed by atoms with Gasteiger partial charge in [0.15, 0.2) is 0 Å². The summed E-state index contributed by atoms with van der Waals surface area (Å²) in [5, 5.41) is 4.52. The third-order valence-corrected chi connectivity index (χ3v) is 4.02. The SMILES string of the molecule is Fc1ccc(Br)c(CNCc2cc(Cl)ccc2Cl)c1. The monoisotopic (exact) mass is 361 g/mol. The van der Waals surface area contributed by atoms with Gasteiger partial charge >= 0.3 is 0 Å². The smallest absolute Gasteiger partial charge is 0.123 e. The van der Waals surface area contributed by atoms with Crippen LogP contribution in [0.4, 0.5) is 4.39 Å². The second-order valence-electron chi connectivity index (χ2n) is 4.08. The molecular formula is C14H11BrCl2FN. The molecule has 19 heavy (non-hydrogen) atoms.